The van der Waals surface area contributed by atoms with Crippen molar-refractivity contribution >= 4 is 46.4 Å². The first-order valence-corrected chi connectivity index (χ1v) is 9.83. The molecule has 3 rings (SSSR count). The Morgan fingerprint density at radius 1 is 1.22 bits per heavy atom. The normalized spacial score (nSPS) is 21.6. The van der Waals surface area contributed by atoms with E-state index in [-0.39, 0.29) is 35.6 Å². The smallest absolute Gasteiger partial charge is 0.254 e. The van der Waals surface area contributed by atoms with Crippen LogP contribution in [0.4, 0.5) is 5.69 Å². The van der Waals surface area contributed by atoms with Crippen LogP contribution < -0.4 is 10.6 Å². The number of amides is 1. The van der Waals surface area contributed by atoms with Gasteiger partial charge in [0.05, 0.1) is 11.5 Å². The predicted octanol–water partition coefficient (Wildman–Crippen LogP) is 0.393. The fourth-order valence-electron chi connectivity index (χ4n) is 2.87. The molecule has 1 aromatic rings. The molecule has 2 saturated heterocycles. The molecule has 0 radical (unpaired) electrons. The molecule has 2 heterocycles. The molecule has 27 heavy (non-hydrogen) atoms. The van der Waals surface area contributed by atoms with Crippen molar-refractivity contribution in [1.29, 1.82) is 0 Å². The van der Waals surface area contributed by atoms with Gasteiger partial charge in [-0.05, 0) is 25.2 Å². The SMILES string of the molecule is CN1CCN(S(=O)(=O)c2cccc(NC(=O)C3CNCCO3)c2)CC1.Cl.Cl. The zero-order valence-electron chi connectivity index (χ0n) is 15.1. The first-order valence-electron chi connectivity index (χ1n) is 8.39. The van der Waals surface area contributed by atoms with Crippen LogP contribution in [0.15, 0.2) is 29.2 Å². The van der Waals surface area contributed by atoms with Crippen LogP contribution in [0.25, 0.3) is 0 Å². The van der Waals surface area contributed by atoms with Crippen LogP contribution in [-0.2, 0) is 19.6 Å². The zero-order chi connectivity index (χ0) is 17.9. The Balaban J connectivity index is 0.00000182. The highest BCUT2D eigenvalue weighted by Gasteiger charge is 2.28. The van der Waals surface area contributed by atoms with Gasteiger partial charge in [0.1, 0.15) is 6.10 Å². The Morgan fingerprint density at radius 3 is 2.56 bits per heavy atom. The van der Waals surface area contributed by atoms with Crippen LogP contribution in [0, 0.1) is 0 Å². The minimum absolute atomic E-state index is 0. The molecule has 2 fully saturated rings. The summed E-state index contributed by atoms with van der Waals surface area (Å²) in [5, 5.41) is 5.83. The second-order valence-corrected chi connectivity index (χ2v) is 8.23. The number of hydrogen-bond donors (Lipinski definition) is 2. The van der Waals surface area contributed by atoms with E-state index >= 15 is 0 Å². The van der Waals surface area contributed by atoms with Gasteiger partial charge >= 0.3 is 0 Å². The minimum Gasteiger partial charge on any atom is -0.366 e. The monoisotopic (exact) mass is 440 g/mol. The van der Waals surface area contributed by atoms with E-state index in [1.165, 1.54) is 10.4 Å². The van der Waals surface area contributed by atoms with Crippen LogP contribution in [0.2, 0.25) is 0 Å². The van der Waals surface area contributed by atoms with Gasteiger partial charge in [-0.2, -0.15) is 4.31 Å². The molecule has 8 nitrogen and oxygen atoms in total. The highest BCUT2D eigenvalue weighted by molar-refractivity contribution is 7.89. The zero-order valence-corrected chi connectivity index (χ0v) is 17.5. The van der Waals surface area contributed by atoms with Gasteiger partial charge in [-0.25, -0.2) is 8.42 Å². The van der Waals surface area contributed by atoms with Gasteiger partial charge in [-0.3, -0.25) is 4.79 Å². The summed E-state index contributed by atoms with van der Waals surface area (Å²) in [4.78, 5) is 14.5. The number of hydrogen-bond acceptors (Lipinski definition) is 6. The number of benzene rings is 1. The number of carbonyl (C=O) groups excluding carboxylic acids is 1. The number of anilines is 1. The topological polar surface area (TPSA) is 91.0 Å². The number of likely N-dealkylation sites (N-methyl/N-ethyl adjacent to an activating group) is 1. The molecule has 2 N–H and O–H groups in total. The maximum atomic E-state index is 12.8. The quantitative estimate of drug-likeness (QED) is 0.703. The van der Waals surface area contributed by atoms with Gasteiger partial charge in [0.15, 0.2) is 0 Å². The van der Waals surface area contributed by atoms with E-state index in [4.69, 9.17) is 4.74 Å². The highest BCUT2D eigenvalue weighted by Crippen LogP contribution is 2.21. The molecule has 1 aromatic carbocycles. The summed E-state index contributed by atoms with van der Waals surface area (Å²) in [6.07, 6.45) is -0.563. The fourth-order valence-corrected chi connectivity index (χ4v) is 4.34. The molecule has 0 aromatic heterocycles. The molecule has 0 aliphatic carbocycles. The average molecular weight is 441 g/mol. The molecule has 0 saturated carbocycles. The largest absolute Gasteiger partial charge is 0.366 e. The van der Waals surface area contributed by atoms with Gasteiger partial charge in [0, 0.05) is 45.0 Å². The van der Waals surface area contributed by atoms with Gasteiger partial charge in [0.2, 0.25) is 10.0 Å². The van der Waals surface area contributed by atoms with Gasteiger partial charge in [0.25, 0.3) is 5.91 Å². The van der Waals surface area contributed by atoms with Crippen molar-refractivity contribution in [2.24, 2.45) is 0 Å². The van der Waals surface area contributed by atoms with Crippen molar-refractivity contribution in [3.8, 4) is 0 Å². The predicted molar refractivity (Wildman–Crippen MR) is 108 cm³/mol. The number of nitrogens with zero attached hydrogens (tertiary/aromatic N) is 2. The summed E-state index contributed by atoms with van der Waals surface area (Å²) in [5.41, 5.74) is 0.453. The molecular weight excluding hydrogens is 415 g/mol. The lowest BCUT2D eigenvalue weighted by molar-refractivity contribution is -0.128. The Labute approximate surface area is 172 Å². The highest BCUT2D eigenvalue weighted by atomic mass is 35.5. The van der Waals surface area contributed by atoms with Crippen molar-refractivity contribution < 1.29 is 17.9 Å². The van der Waals surface area contributed by atoms with E-state index in [1.807, 2.05) is 7.05 Å². The Morgan fingerprint density at radius 2 is 1.93 bits per heavy atom. The number of piperazine rings is 1. The van der Waals surface area contributed by atoms with Gasteiger partial charge in [-0.1, -0.05) is 6.07 Å². The number of carbonyl (C=O) groups is 1. The summed E-state index contributed by atoms with van der Waals surface area (Å²) in [5.74, 6) is -0.277. The summed E-state index contributed by atoms with van der Waals surface area (Å²) in [6.45, 7) is 4.01. The molecule has 2 aliphatic rings. The van der Waals surface area contributed by atoms with Crippen LogP contribution in [-0.4, -0.2) is 82.6 Å². The van der Waals surface area contributed by atoms with Crippen molar-refractivity contribution in [3.63, 3.8) is 0 Å². The average Bonchev–Trinajstić information content (AvgIpc) is 2.63. The van der Waals surface area contributed by atoms with E-state index in [1.54, 1.807) is 18.2 Å². The molecule has 154 valence electrons. The number of morpholine rings is 1. The van der Waals surface area contributed by atoms with E-state index < -0.39 is 16.1 Å². The Bertz CT molecular complexity index is 721. The van der Waals surface area contributed by atoms with Crippen molar-refractivity contribution in [1.82, 2.24) is 14.5 Å². The summed E-state index contributed by atoms with van der Waals surface area (Å²) in [6, 6.07) is 6.37. The van der Waals surface area contributed by atoms with Crippen molar-refractivity contribution in [3.05, 3.63) is 24.3 Å². The third-order valence-electron chi connectivity index (χ3n) is 4.42. The minimum atomic E-state index is -3.56. The lowest BCUT2D eigenvalue weighted by atomic mass is 10.2. The maximum Gasteiger partial charge on any atom is 0.254 e. The number of nitrogens with one attached hydrogen (secondary N) is 2. The van der Waals surface area contributed by atoms with Crippen LogP contribution >= 0.6 is 24.8 Å². The second kappa shape index (κ2) is 10.6. The van der Waals surface area contributed by atoms with E-state index in [2.05, 4.69) is 15.5 Å². The summed E-state index contributed by atoms with van der Waals surface area (Å²) in [7, 11) is -1.58. The standard InChI is InChI=1S/C16H24N4O4S.2ClH/c1-19-6-8-20(9-7-19)25(22,23)14-4-2-3-13(11-14)18-16(21)15-12-17-5-10-24-15;;/h2-4,11,15,17H,5-10,12H2,1H3,(H,18,21);2*1H. The van der Waals surface area contributed by atoms with Gasteiger partial charge in [-0.15, -0.1) is 24.8 Å². The number of sulfonamides is 1. The summed E-state index contributed by atoms with van der Waals surface area (Å²) >= 11 is 0. The first kappa shape index (κ1) is 24.1. The second-order valence-electron chi connectivity index (χ2n) is 6.29. The molecule has 1 amide bonds. The summed E-state index contributed by atoms with van der Waals surface area (Å²) < 4.78 is 32.5. The number of halogens is 2. The molecule has 11 heteroatoms. The van der Waals surface area contributed by atoms with E-state index in [0.717, 1.165) is 6.54 Å². The molecular formula is C16H26Cl2N4O4S. The molecule has 1 atom stereocenters. The number of ether oxygens (including phenoxy) is 1. The third-order valence-corrected chi connectivity index (χ3v) is 6.32. The Hall–Kier alpha value is -0.940. The van der Waals surface area contributed by atoms with Gasteiger partial charge < -0.3 is 20.3 Å². The molecule has 0 spiro atoms. The lowest BCUT2D eigenvalue weighted by Gasteiger charge is -2.31. The third kappa shape index (κ3) is 6.02. The van der Waals surface area contributed by atoms with Crippen molar-refractivity contribution in [2.75, 3.05) is 58.2 Å². The lowest BCUT2D eigenvalue weighted by Crippen LogP contribution is -2.47. The van der Waals surface area contributed by atoms with Crippen LogP contribution in [0.5, 0.6) is 0 Å². The van der Waals surface area contributed by atoms with Crippen LogP contribution in [0.1, 0.15) is 0 Å². The van der Waals surface area contributed by atoms with Crippen LogP contribution in [0.3, 0.4) is 0 Å². The van der Waals surface area contributed by atoms with E-state index in [0.29, 0.717) is 45.0 Å². The molecule has 2 aliphatic heterocycles. The van der Waals surface area contributed by atoms with E-state index in [9.17, 15) is 13.2 Å². The maximum absolute atomic E-state index is 12.8. The molecule has 1 unspecified atom stereocenters. The van der Waals surface area contributed by atoms with Crippen molar-refractivity contribution in [2.45, 2.75) is 11.0 Å². The number of rotatable bonds is 4. The fraction of sp³-hybridized carbons (Fsp3) is 0.562. The Kier molecular flexibility index (Phi) is 9.43. The first-order chi connectivity index (χ1) is 12.0. The molecule has 0 bridgehead atoms.